The Balaban J connectivity index is 1.51. The van der Waals surface area contributed by atoms with Crippen molar-refractivity contribution < 1.29 is 0 Å². The molecule has 0 aliphatic heterocycles. The Morgan fingerprint density at radius 3 is 2.64 bits per heavy atom. The zero-order valence-electron chi connectivity index (χ0n) is 20.8. The number of thiophene rings is 1. The van der Waals surface area contributed by atoms with Crippen molar-refractivity contribution in [3.8, 4) is 0 Å². The van der Waals surface area contributed by atoms with E-state index in [1.807, 2.05) is 28.9 Å². The third-order valence-electron chi connectivity index (χ3n) is 6.80. The summed E-state index contributed by atoms with van der Waals surface area (Å²) in [5.41, 5.74) is 5.02. The minimum Gasteiger partial charge on any atom is -0.321 e. The molecule has 184 valence electrons. The minimum atomic E-state index is -0.0549. The van der Waals surface area contributed by atoms with E-state index in [0.29, 0.717) is 19.6 Å². The summed E-state index contributed by atoms with van der Waals surface area (Å²) < 4.78 is 1.88. The van der Waals surface area contributed by atoms with Crippen LogP contribution in [0.5, 0.6) is 0 Å². The van der Waals surface area contributed by atoms with Crippen molar-refractivity contribution in [1.82, 2.24) is 30.1 Å². The highest BCUT2D eigenvalue weighted by Gasteiger charge is 2.26. The minimum absolute atomic E-state index is 0.0499. The monoisotopic (exact) mass is 498 g/mol. The SMILES string of the molecule is CCC(c1nnnn1Cc1ccccc1)N(Cc1cccs1)Cc1cc2ccc(C)c(C)c2[nH]c1=O. The normalized spacial score (nSPS) is 12.4. The van der Waals surface area contributed by atoms with Crippen molar-refractivity contribution in [3.63, 3.8) is 0 Å². The lowest BCUT2D eigenvalue weighted by Gasteiger charge is -2.30. The first-order chi connectivity index (χ1) is 17.5. The highest BCUT2D eigenvalue weighted by molar-refractivity contribution is 7.09. The number of aryl methyl sites for hydroxylation is 2. The number of aromatic nitrogens is 5. The number of aromatic amines is 1. The van der Waals surface area contributed by atoms with Crippen LogP contribution in [0.3, 0.4) is 0 Å². The van der Waals surface area contributed by atoms with E-state index < -0.39 is 0 Å². The second-order valence-corrected chi connectivity index (χ2v) is 10.2. The first-order valence-electron chi connectivity index (χ1n) is 12.2. The summed E-state index contributed by atoms with van der Waals surface area (Å²) in [4.78, 5) is 19.9. The van der Waals surface area contributed by atoms with Crippen LogP contribution < -0.4 is 5.56 Å². The summed E-state index contributed by atoms with van der Waals surface area (Å²) in [6.07, 6.45) is 0.810. The van der Waals surface area contributed by atoms with Gasteiger partial charge in [0.25, 0.3) is 5.56 Å². The van der Waals surface area contributed by atoms with E-state index >= 15 is 0 Å². The Morgan fingerprint density at radius 1 is 1.06 bits per heavy atom. The lowest BCUT2D eigenvalue weighted by molar-refractivity contribution is 0.163. The topological polar surface area (TPSA) is 79.7 Å². The summed E-state index contributed by atoms with van der Waals surface area (Å²) >= 11 is 1.72. The van der Waals surface area contributed by atoms with Crippen LogP contribution in [0.2, 0.25) is 0 Å². The van der Waals surface area contributed by atoms with Gasteiger partial charge in [-0.15, -0.1) is 16.4 Å². The van der Waals surface area contributed by atoms with Gasteiger partial charge < -0.3 is 4.98 Å². The molecule has 0 saturated heterocycles. The molecule has 36 heavy (non-hydrogen) atoms. The average molecular weight is 499 g/mol. The van der Waals surface area contributed by atoms with E-state index in [9.17, 15) is 4.79 Å². The van der Waals surface area contributed by atoms with Gasteiger partial charge in [0.05, 0.1) is 18.1 Å². The molecule has 2 aromatic carbocycles. The smallest absolute Gasteiger partial charge is 0.252 e. The number of hydrogen-bond acceptors (Lipinski definition) is 6. The molecule has 3 aromatic heterocycles. The average Bonchev–Trinajstić information content (AvgIpc) is 3.56. The molecule has 1 atom stereocenters. The van der Waals surface area contributed by atoms with Gasteiger partial charge in [0.1, 0.15) is 0 Å². The number of H-pyrrole nitrogens is 1. The lowest BCUT2D eigenvalue weighted by Crippen LogP contribution is -2.32. The first-order valence-corrected chi connectivity index (χ1v) is 13.1. The summed E-state index contributed by atoms with van der Waals surface area (Å²) in [6.45, 7) is 8.06. The van der Waals surface area contributed by atoms with Crippen LogP contribution in [-0.2, 0) is 19.6 Å². The highest BCUT2D eigenvalue weighted by Crippen LogP contribution is 2.28. The van der Waals surface area contributed by atoms with Gasteiger partial charge in [-0.05, 0) is 70.3 Å². The van der Waals surface area contributed by atoms with Crippen molar-refractivity contribution in [2.75, 3.05) is 0 Å². The number of fused-ring (bicyclic) bond motifs is 1. The van der Waals surface area contributed by atoms with Crippen molar-refractivity contribution in [3.05, 3.63) is 109 Å². The third-order valence-corrected chi connectivity index (χ3v) is 7.66. The van der Waals surface area contributed by atoms with Crippen molar-refractivity contribution >= 4 is 22.2 Å². The quantitative estimate of drug-likeness (QED) is 0.295. The number of benzene rings is 2. The third kappa shape index (κ3) is 5.01. The summed E-state index contributed by atoms with van der Waals surface area (Å²) in [5.74, 6) is 0.807. The molecule has 0 bridgehead atoms. The Hall–Kier alpha value is -3.62. The molecule has 1 unspecified atom stereocenters. The fourth-order valence-electron chi connectivity index (χ4n) is 4.71. The van der Waals surface area contributed by atoms with Crippen LogP contribution in [0.25, 0.3) is 10.9 Å². The second-order valence-electron chi connectivity index (χ2n) is 9.18. The predicted molar refractivity (Wildman–Crippen MR) is 144 cm³/mol. The predicted octanol–water partition coefficient (Wildman–Crippen LogP) is 5.39. The van der Waals surface area contributed by atoms with Gasteiger partial charge in [0, 0.05) is 23.5 Å². The van der Waals surface area contributed by atoms with Gasteiger partial charge in [-0.1, -0.05) is 55.5 Å². The van der Waals surface area contributed by atoms with Gasteiger partial charge in [0.2, 0.25) is 0 Å². The first kappa shape index (κ1) is 24.1. The molecule has 7 nitrogen and oxygen atoms in total. The van der Waals surface area contributed by atoms with E-state index in [2.05, 4.69) is 88.0 Å². The molecule has 0 radical (unpaired) electrons. The molecule has 3 heterocycles. The van der Waals surface area contributed by atoms with Crippen molar-refractivity contribution in [2.24, 2.45) is 0 Å². The Morgan fingerprint density at radius 2 is 1.89 bits per heavy atom. The van der Waals surface area contributed by atoms with Crippen LogP contribution in [0.1, 0.15) is 52.3 Å². The molecule has 0 aliphatic carbocycles. The molecule has 5 rings (SSSR count). The number of hydrogen-bond donors (Lipinski definition) is 1. The maximum absolute atomic E-state index is 13.2. The molecule has 0 fully saturated rings. The van der Waals surface area contributed by atoms with Crippen molar-refractivity contribution in [1.29, 1.82) is 0 Å². The fourth-order valence-corrected chi connectivity index (χ4v) is 5.44. The largest absolute Gasteiger partial charge is 0.321 e. The fraction of sp³-hybridized carbons (Fsp3) is 0.286. The highest BCUT2D eigenvalue weighted by atomic mass is 32.1. The van der Waals surface area contributed by atoms with Gasteiger partial charge >= 0.3 is 0 Å². The maximum atomic E-state index is 13.2. The Labute approximate surface area is 214 Å². The number of nitrogens with zero attached hydrogens (tertiary/aromatic N) is 5. The number of tetrazole rings is 1. The van der Waals surface area contributed by atoms with E-state index in [1.165, 1.54) is 10.4 Å². The van der Waals surface area contributed by atoms with Crippen LogP contribution in [0.15, 0.2) is 70.8 Å². The second kappa shape index (κ2) is 10.6. The van der Waals surface area contributed by atoms with Gasteiger partial charge in [0.15, 0.2) is 5.82 Å². The van der Waals surface area contributed by atoms with E-state index in [0.717, 1.165) is 39.8 Å². The maximum Gasteiger partial charge on any atom is 0.252 e. The summed E-state index contributed by atoms with van der Waals surface area (Å²) in [5, 5.41) is 15.9. The Bertz CT molecular complexity index is 1510. The van der Waals surface area contributed by atoms with Crippen LogP contribution >= 0.6 is 11.3 Å². The van der Waals surface area contributed by atoms with Gasteiger partial charge in [-0.25, -0.2) is 4.68 Å². The Kier molecular flexibility index (Phi) is 7.06. The molecule has 0 amide bonds. The van der Waals surface area contributed by atoms with E-state index in [-0.39, 0.29) is 11.6 Å². The van der Waals surface area contributed by atoms with Gasteiger partial charge in [-0.2, -0.15) is 0 Å². The van der Waals surface area contributed by atoms with Crippen LogP contribution in [0, 0.1) is 13.8 Å². The van der Waals surface area contributed by atoms with Gasteiger partial charge in [-0.3, -0.25) is 9.69 Å². The van der Waals surface area contributed by atoms with Crippen LogP contribution in [0.4, 0.5) is 0 Å². The number of nitrogens with one attached hydrogen (secondary N) is 1. The molecular formula is C28H30N6OS. The van der Waals surface area contributed by atoms with E-state index in [1.54, 1.807) is 11.3 Å². The zero-order valence-corrected chi connectivity index (χ0v) is 21.6. The molecule has 1 N–H and O–H groups in total. The molecule has 5 aromatic rings. The number of rotatable bonds is 9. The molecule has 0 spiro atoms. The van der Waals surface area contributed by atoms with Crippen molar-refractivity contribution in [2.45, 2.75) is 52.9 Å². The van der Waals surface area contributed by atoms with Crippen LogP contribution in [-0.4, -0.2) is 30.1 Å². The molecule has 0 saturated carbocycles. The molecule has 0 aliphatic rings. The lowest BCUT2D eigenvalue weighted by atomic mass is 10.0. The molecule has 8 heteroatoms. The standard InChI is InChI=1S/C28H30N6OS/c1-4-25(27-30-31-32-34(27)16-21-9-6-5-7-10-21)33(18-24-11-8-14-36-24)17-23-15-22-13-12-19(2)20(3)26(22)29-28(23)35/h5-15,25H,4,16-18H2,1-3H3,(H,29,35). The van der Waals surface area contributed by atoms with E-state index in [4.69, 9.17) is 0 Å². The zero-order chi connectivity index (χ0) is 25.1. The number of pyridine rings is 1. The summed E-state index contributed by atoms with van der Waals surface area (Å²) in [7, 11) is 0. The molecular weight excluding hydrogens is 468 g/mol. The summed E-state index contributed by atoms with van der Waals surface area (Å²) in [6, 6.07) is 20.6.